The Balaban J connectivity index is 2.94. The average Bonchev–Trinajstić information content (AvgIpc) is 0.779. The third-order valence-corrected chi connectivity index (χ3v) is 29.4. The zero-order chi connectivity index (χ0) is 101. The normalized spacial score (nSPS) is 21.1. The van der Waals surface area contributed by atoms with Gasteiger partial charge in [-0.2, -0.15) is 14.3 Å². The molecule has 2 aliphatic rings. The highest BCUT2D eigenvalue weighted by molar-refractivity contribution is 7.51. The van der Waals surface area contributed by atoms with E-state index in [4.69, 9.17) is 42.4 Å². The van der Waals surface area contributed by atoms with E-state index in [0.717, 1.165) is 276 Å². The molecule has 21 unspecified atom stereocenters. The Morgan fingerprint density at radius 1 is 0.324 bits per heavy atom. The second-order valence-corrected chi connectivity index (χ2v) is 42.9. The van der Waals surface area contributed by atoms with Crippen molar-refractivity contribution in [1.29, 1.82) is 0 Å². The van der Waals surface area contributed by atoms with E-state index >= 15 is 14.4 Å². The van der Waals surface area contributed by atoms with E-state index in [9.17, 15) is 54.3 Å². The monoisotopic (exact) mass is 1960 g/mol. The number of phosphoric acid groups is 1. The zero-order valence-electron chi connectivity index (χ0n) is 88.8. The van der Waals surface area contributed by atoms with Gasteiger partial charge in [0.2, 0.25) is 11.8 Å². The van der Waals surface area contributed by atoms with Gasteiger partial charge in [0.25, 0.3) is 0 Å². The predicted molar refractivity (Wildman–Crippen MR) is 543 cm³/mol. The first-order chi connectivity index (χ1) is 65.5. The molecule has 2 aliphatic heterocycles. The van der Waals surface area contributed by atoms with Crippen molar-refractivity contribution in [2.24, 2.45) is 41.4 Å². The summed E-state index contributed by atoms with van der Waals surface area (Å²) >= 11 is 0. The van der Waals surface area contributed by atoms with E-state index in [1.165, 1.54) is 64.2 Å². The van der Waals surface area contributed by atoms with Crippen LogP contribution < -0.4 is 15.5 Å². The van der Waals surface area contributed by atoms with E-state index in [1.807, 2.05) is 48.5 Å². The van der Waals surface area contributed by atoms with Crippen LogP contribution >= 0.6 is 8.17 Å². The topological polar surface area (TPSA) is 371 Å². The number of esters is 5. The molecule has 800 valence electrons. The fourth-order valence-electron chi connectivity index (χ4n) is 19.2. The second kappa shape index (κ2) is 81.6. The number of hydrogen-bond acceptors (Lipinski definition) is 23. The fourth-order valence-corrected chi connectivity index (χ4v) is 19.8. The van der Waals surface area contributed by atoms with Gasteiger partial charge < -0.3 is 73.8 Å². The van der Waals surface area contributed by atoms with Gasteiger partial charge in [-0.3, -0.25) is 33.6 Å². The van der Waals surface area contributed by atoms with Crippen LogP contribution in [0.4, 0.5) is 0 Å². The first kappa shape index (κ1) is 128. The molecule has 0 aromatic rings. The molecule has 2 fully saturated rings. The molecular weight excluding hydrogens is 1750 g/mol. The maximum Gasteiger partial charge on any atom is 0.374 e. The van der Waals surface area contributed by atoms with Gasteiger partial charge in [-0.15, -0.1) is 0 Å². The van der Waals surface area contributed by atoms with Crippen LogP contribution in [0.3, 0.4) is 0 Å². The third-order valence-electron chi connectivity index (χ3n) is 28.9. The molecule has 0 saturated carbocycles. The largest absolute Gasteiger partial charge is 0.606 e. The Hall–Kier alpha value is -3.72. The third kappa shape index (κ3) is 60.1. The van der Waals surface area contributed by atoms with Gasteiger partial charge in [-0.1, -0.05) is 437 Å². The fraction of sp³-hybridized carbons (Fsp3) is 0.936. The van der Waals surface area contributed by atoms with E-state index in [0.29, 0.717) is 44.9 Å². The molecule has 26 heteroatoms. The second-order valence-electron chi connectivity index (χ2n) is 41.7. The molecule has 2 rings (SSSR count). The summed E-state index contributed by atoms with van der Waals surface area (Å²) < 4.78 is 57.0. The van der Waals surface area contributed by atoms with Crippen LogP contribution in [-0.4, -0.2) is 184 Å². The number of hydrogen-bond donors (Lipinski definition) is 8. The van der Waals surface area contributed by atoms with Crippen molar-refractivity contribution < 1.29 is 111 Å². The molecule has 8 N–H and O–H groups in total. The number of rotatable bonds is 90. The van der Waals surface area contributed by atoms with Crippen molar-refractivity contribution in [3.8, 4) is 0 Å². The first-order valence-electron chi connectivity index (χ1n) is 56.3. The van der Waals surface area contributed by atoms with Crippen LogP contribution in [0.1, 0.15) is 508 Å². The smallest absolute Gasteiger partial charge is 0.374 e. The van der Waals surface area contributed by atoms with E-state index in [1.54, 1.807) is 0 Å². The molecule has 0 spiro atoms. The lowest BCUT2D eigenvalue weighted by molar-refractivity contribution is -0.268. The van der Waals surface area contributed by atoms with Crippen molar-refractivity contribution in [3.05, 3.63) is 0 Å². The van der Waals surface area contributed by atoms with Gasteiger partial charge in [0.15, 0.2) is 18.3 Å². The molecule has 2 heterocycles. The Morgan fingerprint density at radius 3 is 0.890 bits per heavy atom. The van der Waals surface area contributed by atoms with Gasteiger partial charge in [0, 0.05) is 0 Å². The molecule has 25 nitrogen and oxygen atoms in total. The Morgan fingerprint density at radius 2 is 0.581 bits per heavy atom. The number of aliphatic hydroxyl groups excluding tert-OH is 4. The highest BCUT2D eigenvalue weighted by Gasteiger charge is 2.55. The standard InChI is InChI=1S/C110H207N2O23P/c1-15-22-29-36-43-44-45-46-53-60-67-73-88(13)108(121)130-91(84(9)69-62-55-48-38-31-24-17-3)76-98(116)111-102-94(79-113)128-97(104(120)106(102)133-100(118)75-90(115)83(8)68-61-54-47-37-30-23-16-2)82-127-81-96-103(112-99(117)77-92(85(10)70-63-56-49-39-32-25-18-4)131-109(122)87(12)72-65-58-51-41-34-27-20-6)107(105(95(80-114)129-96)135-136(124,125)126)134-101(119)78-93(86(11)71-64-57-50-40-33-26-19-5)132-110(123)89(14)74-66-59-52-42-35-28-21-7/h83-97,102-107,113-115,120H,15-82H2,1-14H3,(H,111,116)(H,112,117)(H2,124,125,126). The summed E-state index contributed by atoms with van der Waals surface area (Å²) in [6, 6.07) is -3.12. The number of unbranched alkanes of at least 4 members (excludes halogenated alkanes) is 46. The molecule has 0 aromatic carbocycles. The number of aliphatic hydroxyl groups is 4. The quantitative estimate of drug-likeness (QED) is 0.0121. The van der Waals surface area contributed by atoms with Gasteiger partial charge in [0.05, 0.1) is 88.1 Å². The number of carbonyl (C=O) groups is 7. The van der Waals surface area contributed by atoms with Crippen LogP contribution in [0.15, 0.2) is 0 Å². The Kier molecular flexibility index (Phi) is 77.0. The lowest BCUT2D eigenvalue weighted by Gasteiger charge is -2.46. The van der Waals surface area contributed by atoms with E-state index in [2.05, 4.69) is 59.1 Å². The molecule has 21 atom stereocenters. The van der Waals surface area contributed by atoms with Crippen molar-refractivity contribution in [2.45, 2.75) is 593 Å². The summed E-state index contributed by atoms with van der Waals surface area (Å²) in [4.78, 5) is 138. The Bertz CT molecular complexity index is 2950. The lowest BCUT2D eigenvalue weighted by atomic mass is 9.90. The zero-order valence-corrected chi connectivity index (χ0v) is 89.7. The highest BCUT2D eigenvalue weighted by atomic mass is 31.2. The number of phosphoric ester groups is 1. The SMILES string of the molecule is CCCCCCCCCCCCCC(C)C(=O)OC(CC(=O)NC1C(CO)OC(COCC2OC(CO)C(O[P+]([O-])(O)O)C(OC(=O)CC(OC(=O)C(C)CCCCCCCCC)C(C)CCCCCCCCC)C2NC(=O)CC(OC(=O)C(C)CCCCCCCCC)C(C)CCCCCCCCC)C(O)C1OC(=O)CC(O)C(C)CCCCCCCCC)C(C)CCCCCCCCC. The van der Waals surface area contributed by atoms with Crippen molar-refractivity contribution >= 4 is 49.8 Å². The number of carbonyl (C=O) groups excluding carboxylic acids is 7. The molecule has 136 heavy (non-hydrogen) atoms. The number of nitrogens with one attached hydrogen (secondary N) is 2. The lowest BCUT2D eigenvalue weighted by Crippen LogP contribution is -2.67. The number of amides is 2. The van der Waals surface area contributed by atoms with Crippen LogP contribution in [0.5, 0.6) is 0 Å². The maximum absolute atomic E-state index is 15.5. The Labute approximate surface area is 828 Å². The predicted octanol–water partition coefficient (Wildman–Crippen LogP) is 23.7. The maximum atomic E-state index is 15.5. The molecule has 0 radical (unpaired) electrons. The van der Waals surface area contributed by atoms with Gasteiger partial charge in [0.1, 0.15) is 48.8 Å². The first-order valence-corrected chi connectivity index (χ1v) is 57.8. The molecule has 2 amide bonds. The van der Waals surface area contributed by atoms with Crippen LogP contribution in [0.2, 0.25) is 0 Å². The van der Waals surface area contributed by atoms with Crippen molar-refractivity contribution in [1.82, 2.24) is 10.6 Å². The highest BCUT2D eigenvalue weighted by Crippen LogP contribution is 2.46. The molecule has 0 aliphatic carbocycles. The molecule has 0 bridgehead atoms. The summed E-state index contributed by atoms with van der Waals surface area (Å²) in [5.41, 5.74) is 0. The minimum absolute atomic E-state index is 0.269. The minimum Gasteiger partial charge on any atom is -0.606 e. The summed E-state index contributed by atoms with van der Waals surface area (Å²) in [7, 11) is -5.63. The average molecular weight is 1960 g/mol. The summed E-state index contributed by atoms with van der Waals surface area (Å²) in [6.45, 7) is 25.4. The van der Waals surface area contributed by atoms with Crippen molar-refractivity contribution in [3.63, 3.8) is 0 Å². The number of ether oxygens (including phenoxy) is 8. The van der Waals surface area contributed by atoms with Gasteiger partial charge in [-0.05, 0) is 68.6 Å². The van der Waals surface area contributed by atoms with E-state index in [-0.39, 0.29) is 30.1 Å². The van der Waals surface area contributed by atoms with Crippen LogP contribution in [-0.2, 0) is 76.0 Å². The van der Waals surface area contributed by atoms with Crippen LogP contribution in [0.25, 0.3) is 0 Å². The minimum atomic E-state index is -5.63. The summed E-state index contributed by atoms with van der Waals surface area (Å²) in [6.07, 6.45) is 41.3. The van der Waals surface area contributed by atoms with Gasteiger partial charge >= 0.3 is 38.0 Å². The van der Waals surface area contributed by atoms with Crippen LogP contribution in [0, 0.1) is 41.4 Å². The molecule has 0 aromatic heterocycles. The van der Waals surface area contributed by atoms with Crippen molar-refractivity contribution in [2.75, 3.05) is 26.4 Å². The summed E-state index contributed by atoms with van der Waals surface area (Å²) in [5, 5.41) is 53.3. The molecular formula is C110H207N2O23P. The van der Waals surface area contributed by atoms with E-state index < -0.39 is 199 Å². The van der Waals surface area contributed by atoms with Gasteiger partial charge in [-0.25, -0.2) is 0 Å². The summed E-state index contributed by atoms with van der Waals surface area (Å²) in [5.74, 6) is -7.50. The molecule has 2 saturated heterocycles.